The lowest BCUT2D eigenvalue weighted by Gasteiger charge is -2.26. The molecule has 0 amide bonds. The summed E-state index contributed by atoms with van der Waals surface area (Å²) < 4.78 is 6.05. The second-order valence-corrected chi connectivity index (χ2v) is 8.00. The van der Waals surface area contributed by atoms with Crippen molar-refractivity contribution in [1.82, 2.24) is 0 Å². The van der Waals surface area contributed by atoms with Crippen LogP contribution in [0.25, 0.3) is 0 Å². The molecule has 2 atom stereocenters. The Morgan fingerprint density at radius 2 is 1.85 bits per heavy atom. The third-order valence-electron chi connectivity index (χ3n) is 5.20. The molecule has 0 spiro atoms. The van der Waals surface area contributed by atoms with Crippen LogP contribution in [-0.2, 0) is 24.2 Å². The van der Waals surface area contributed by atoms with E-state index >= 15 is 0 Å². The Morgan fingerprint density at radius 3 is 2.63 bits per heavy atom. The van der Waals surface area contributed by atoms with Gasteiger partial charge in [-0.1, -0.05) is 48.5 Å². The van der Waals surface area contributed by atoms with Crippen LogP contribution in [0, 0.1) is 0 Å². The van der Waals surface area contributed by atoms with Gasteiger partial charge in [0.2, 0.25) is 0 Å². The summed E-state index contributed by atoms with van der Waals surface area (Å²) in [5.41, 5.74) is 5.36. The molecule has 4 N–H and O–H groups in total. The number of aliphatic hydroxyl groups excluding tert-OH is 1. The molecule has 0 saturated heterocycles. The molecule has 0 heterocycles. The number of hydrogen-bond donors (Lipinski definition) is 3. The van der Waals surface area contributed by atoms with E-state index in [0.717, 1.165) is 32.4 Å². The van der Waals surface area contributed by atoms with Crippen LogP contribution in [0.15, 0.2) is 48.5 Å². The van der Waals surface area contributed by atoms with Crippen molar-refractivity contribution in [2.24, 2.45) is 0 Å². The fourth-order valence-corrected chi connectivity index (χ4v) is 3.82. The van der Waals surface area contributed by atoms with Crippen molar-refractivity contribution in [3.05, 3.63) is 70.8 Å². The molecule has 4 heteroatoms. The molecule has 1 aliphatic rings. The average molecular weight is 371 g/mol. The van der Waals surface area contributed by atoms with Gasteiger partial charge in [-0.15, -0.1) is 0 Å². The second-order valence-electron chi connectivity index (χ2n) is 8.00. The minimum absolute atomic E-state index is 0.135. The van der Waals surface area contributed by atoms with E-state index in [9.17, 15) is 5.11 Å². The van der Waals surface area contributed by atoms with Crippen LogP contribution in [0.3, 0.4) is 0 Å². The summed E-state index contributed by atoms with van der Waals surface area (Å²) in [4.78, 5) is 1.43. The fraction of sp³-hybridized carbons (Fsp3) is 0.478. The first-order valence-electron chi connectivity index (χ1n) is 10.2. The molecule has 0 radical (unpaired) electrons. The number of nitrogens with two attached hydrogens (primary N) is 1. The van der Waals surface area contributed by atoms with E-state index in [1.54, 1.807) is 0 Å². The molecule has 0 aliphatic heterocycles. The van der Waals surface area contributed by atoms with Crippen LogP contribution in [0.4, 0.5) is 0 Å². The van der Waals surface area contributed by atoms with Crippen LogP contribution in [0.2, 0.25) is 0 Å². The highest BCUT2D eigenvalue weighted by atomic mass is 16.5. The maximum atomic E-state index is 10.3. The van der Waals surface area contributed by atoms with Crippen LogP contribution >= 0.6 is 0 Å². The summed E-state index contributed by atoms with van der Waals surface area (Å²) in [7, 11) is 4.33. The number of ether oxygens (including phenoxy) is 1. The fourth-order valence-electron chi connectivity index (χ4n) is 3.82. The lowest BCUT2D eigenvalue weighted by atomic mass is 9.89. The van der Waals surface area contributed by atoms with Crippen LogP contribution in [0.1, 0.15) is 41.2 Å². The largest absolute Gasteiger partial charge is 0.385 e. The molecule has 1 aliphatic carbocycles. The van der Waals surface area contributed by atoms with E-state index in [4.69, 9.17) is 4.74 Å². The number of aryl methyl sites for hydroxylation is 1. The number of benzene rings is 2. The molecule has 2 aromatic carbocycles. The SMILES string of the molecule is C[NH+](C)Cc1ccc(C[NH2+]C[C@H](O)CO[C@@H]2CCCc3ccccc32)cc1. The van der Waals surface area contributed by atoms with E-state index in [1.165, 1.54) is 27.2 Å². The molecule has 0 unspecified atom stereocenters. The standard InChI is InChI=1S/C23H32N2O2/c1-25(2)16-19-12-10-18(11-13-19)14-24-15-21(26)17-27-23-9-5-7-20-6-3-4-8-22(20)23/h3-4,6,8,10-13,21,23-24,26H,5,7,9,14-17H2,1-2H3/p+2/t21-,23+/m0/s1. The van der Waals surface area contributed by atoms with E-state index in [2.05, 4.69) is 67.9 Å². The molecule has 0 saturated carbocycles. The lowest BCUT2D eigenvalue weighted by Crippen LogP contribution is -3.04. The second kappa shape index (κ2) is 10.00. The zero-order chi connectivity index (χ0) is 19.1. The van der Waals surface area contributed by atoms with Crippen molar-refractivity contribution in [3.63, 3.8) is 0 Å². The van der Waals surface area contributed by atoms with Gasteiger partial charge in [0.15, 0.2) is 0 Å². The average Bonchev–Trinajstić information content (AvgIpc) is 2.67. The summed E-state index contributed by atoms with van der Waals surface area (Å²) in [6.45, 7) is 3.00. The monoisotopic (exact) mass is 370 g/mol. The first kappa shape index (κ1) is 20.0. The minimum atomic E-state index is -0.435. The maximum absolute atomic E-state index is 10.3. The highest BCUT2D eigenvalue weighted by molar-refractivity contribution is 5.31. The Balaban J connectivity index is 1.38. The summed E-state index contributed by atoms with van der Waals surface area (Å²) in [5.74, 6) is 0. The summed E-state index contributed by atoms with van der Waals surface area (Å²) in [5, 5.41) is 12.5. The Morgan fingerprint density at radius 1 is 1.11 bits per heavy atom. The minimum Gasteiger partial charge on any atom is -0.385 e. The quantitative estimate of drug-likeness (QED) is 0.613. The van der Waals surface area contributed by atoms with Gasteiger partial charge in [0.25, 0.3) is 0 Å². The van der Waals surface area contributed by atoms with Gasteiger partial charge in [-0.3, -0.25) is 0 Å². The number of hydrogen-bond acceptors (Lipinski definition) is 2. The molecule has 146 valence electrons. The van der Waals surface area contributed by atoms with Crippen LogP contribution in [0.5, 0.6) is 0 Å². The van der Waals surface area contributed by atoms with Gasteiger partial charge in [0.1, 0.15) is 25.7 Å². The summed E-state index contributed by atoms with van der Waals surface area (Å²) in [6, 6.07) is 17.3. The molecular weight excluding hydrogens is 336 g/mol. The van der Waals surface area contributed by atoms with Crippen LogP contribution < -0.4 is 10.2 Å². The smallest absolute Gasteiger partial charge is 0.126 e. The van der Waals surface area contributed by atoms with Crippen LogP contribution in [-0.4, -0.2) is 38.5 Å². The van der Waals surface area contributed by atoms with E-state index in [0.29, 0.717) is 13.2 Å². The highest BCUT2D eigenvalue weighted by Gasteiger charge is 2.21. The maximum Gasteiger partial charge on any atom is 0.126 e. The zero-order valence-corrected chi connectivity index (χ0v) is 16.7. The molecular formula is C23H34N2O2+2. The van der Waals surface area contributed by atoms with Crippen molar-refractivity contribution in [2.45, 2.75) is 44.6 Å². The number of nitrogens with one attached hydrogen (secondary N) is 1. The Labute approximate surface area is 163 Å². The summed E-state index contributed by atoms with van der Waals surface area (Å²) >= 11 is 0. The van der Waals surface area contributed by atoms with Gasteiger partial charge in [0, 0.05) is 11.1 Å². The van der Waals surface area contributed by atoms with Gasteiger partial charge in [-0.25, -0.2) is 0 Å². The van der Waals surface area contributed by atoms with Gasteiger partial charge in [0.05, 0.1) is 26.8 Å². The topological polar surface area (TPSA) is 50.5 Å². The number of fused-ring (bicyclic) bond motifs is 1. The molecule has 3 rings (SSSR count). The zero-order valence-electron chi connectivity index (χ0n) is 16.7. The molecule has 2 aromatic rings. The van der Waals surface area contributed by atoms with Crippen molar-refractivity contribution in [3.8, 4) is 0 Å². The number of rotatable bonds is 9. The number of quaternary nitrogens is 2. The van der Waals surface area contributed by atoms with E-state index in [-0.39, 0.29) is 6.10 Å². The first-order valence-corrected chi connectivity index (χ1v) is 10.2. The van der Waals surface area contributed by atoms with Crippen molar-refractivity contribution >= 4 is 0 Å². The molecule has 0 fully saturated rings. The van der Waals surface area contributed by atoms with Gasteiger partial charge < -0.3 is 20.1 Å². The van der Waals surface area contributed by atoms with Gasteiger partial charge in [-0.05, 0) is 30.4 Å². The Bertz CT molecular complexity index is 700. The van der Waals surface area contributed by atoms with E-state index < -0.39 is 6.10 Å². The summed E-state index contributed by atoms with van der Waals surface area (Å²) in [6.07, 6.45) is 3.05. The van der Waals surface area contributed by atoms with Crippen molar-refractivity contribution < 1.29 is 20.1 Å². The molecule has 27 heavy (non-hydrogen) atoms. The predicted molar refractivity (Wildman–Crippen MR) is 108 cm³/mol. The number of aliphatic hydroxyl groups is 1. The van der Waals surface area contributed by atoms with Crippen molar-refractivity contribution in [2.75, 3.05) is 27.2 Å². The molecule has 0 aromatic heterocycles. The van der Waals surface area contributed by atoms with Crippen molar-refractivity contribution in [1.29, 1.82) is 0 Å². The Kier molecular flexibility index (Phi) is 7.41. The first-order chi connectivity index (χ1) is 13.1. The highest BCUT2D eigenvalue weighted by Crippen LogP contribution is 2.32. The van der Waals surface area contributed by atoms with Gasteiger partial charge >= 0.3 is 0 Å². The normalized spacial score (nSPS) is 17.7. The lowest BCUT2D eigenvalue weighted by molar-refractivity contribution is -0.872. The third kappa shape index (κ3) is 6.15. The Hall–Kier alpha value is -1.72. The van der Waals surface area contributed by atoms with Gasteiger partial charge in [-0.2, -0.15) is 0 Å². The third-order valence-corrected chi connectivity index (χ3v) is 5.20. The molecule has 0 bridgehead atoms. The molecule has 4 nitrogen and oxygen atoms in total. The predicted octanol–water partition coefficient (Wildman–Crippen LogP) is 0.850. The van der Waals surface area contributed by atoms with E-state index in [1.807, 2.05) is 0 Å².